The maximum Gasteiger partial charge on any atom is 0.259 e. The summed E-state index contributed by atoms with van der Waals surface area (Å²) in [5.74, 6) is 0.869. The van der Waals surface area contributed by atoms with E-state index in [1.54, 1.807) is 29.7 Å². The van der Waals surface area contributed by atoms with E-state index in [2.05, 4.69) is 42.0 Å². The molecule has 0 fully saturated rings. The number of thiophene rings is 1. The molecule has 1 heterocycles. The van der Waals surface area contributed by atoms with Crippen LogP contribution in [0.3, 0.4) is 0 Å². The number of halogens is 2. The summed E-state index contributed by atoms with van der Waals surface area (Å²) in [6.45, 7) is 7.22. The molecule has 0 spiro atoms. The third kappa shape index (κ3) is 6.70. The van der Waals surface area contributed by atoms with E-state index in [-0.39, 0.29) is 17.1 Å². The van der Waals surface area contributed by atoms with Gasteiger partial charge in [0.15, 0.2) is 0 Å². The number of nitrogens with zero attached hydrogens (tertiary/aromatic N) is 1. The fraction of sp³-hybridized carbons (Fsp3) is 0.273. The number of para-hydroxylation sites is 1. The molecule has 0 aliphatic heterocycles. The number of rotatable bonds is 7. The number of ether oxygens (including phenoxy) is 1. The number of anilines is 1. The molecule has 4 nitrogen and oxygen atoms in total. The van der Waals surface area contributed by atoms with Crippen LogP contribution in [0.5, 0.6) is 5.75 Å². The summed E-state index contributed by atoms with van der Waals surface area (Å²) in [4.78, 5) is 19.6. The SMILES string of the molecule is CC(C)(C)[C@H]1CCc2c(sc(N=Cc3ccc(OCc4ccc(F)cc4)c(Br)c3)c2C(=O)Nc2ccccc2)C1. The highest BCUT2D eigenvalue weighted by Gasteiger charge is 2.33. The van der Waals surface area contributed by atoms with Crippen LogP contribution in [0.1, 0.15) is 59.1 Å². The van der Waals surface area contributed by atoms with Crippen LogP contribution in [0, 0.1) is 17.2 Å². The molecule has 3 aromatic carbocycles. The maximum atomic E-state index is 13.5. The van der Waals surface area contributed by atoms with Crippen molar-refractivity contribution in [2.45, 2.75) is 46.6 Å². The van der Waals surface area contributed by atoms with E-state index in [0.29, 0.717) is 23.8 Å². The lowest BCUT2D eigenvalue weighted by atomic mass is 9.72. The predicted molar refractivity (Wildman–Crippen MR) is 166 cm³/mol. The molecule has 4 aromatic rings. The fourth-order valence-electron chi connectivity index (χ4n) is 4.94. The second-order valence-corrected chi connectivity index (χ2v) is 13.1. The Balaban J connectivity index is 1.38. The van der Waals surface area contributed by atoms with Gasteiger partial charge >= 0.3 is 0 Å². The van der Waals surface area contributed by atoms with Gasteiger partial charge in [-0.25, -0.2) is 9.38 Å². The molecule has 1 aliphatic rings. The van der Waals surface area contributed by atoms with Gasteiger partial charge < -0.3 is 10.1 Å². The quantitative estimate of drug-likeness (QED) is 0.210. The second-order valence-electron chi connectivity index (χ2n) is 11.2. The van der Waals surface area contributed by atoms with E-state index in [4.69, 9.17) is 9.73 Å². The first-order chi connectivity index (χ1) is 19.2. The number of carbonyl (C=O) groups excluding carboxylic acids is 1. The summed E-state index contributed by atoms with van der Waals surface area (Å²) in [6, 6.07) is 21.6. The molecule has 40 heavy (non-hydrogen) atoms. The lowest BCUT2D eigenvalue weighted by Gasteiger charge is -2.33. The molecular weight excluding hydrogens is 587 g/mol. The summed E-state index contributed by atoms with van der Waals surface area (Å²) in [6.07, 6.45) is 4.71. The van der Waals surface area contributed by atoms with Gasteiger partial charge in [-0.1, -0.05) is 51.1 Å². The molecule has 1 aromatic heterocycles. The summed E-state index contributed by atoms with van der Waals surface area (Å²) < 4.78 is 19.9. The van der Waals surface area contributed by atoms with Gasteiger partial charge in [0.25, 0.3) is 5.91 Å². The molecule has 1 atom stereocenters. The van der Waals surface area contributed by atoms with Gasteiger partial charge in [-0.15, -0.1) is 11.3 Å². The average molecular weight is 620 g/mol. The number of aliphatic imine (C=N–C) groups is 1. The van der Waals surface area contributed by atoms with Crippen LogP contribution in [0.15, 0.2) is 82.3 Å². The molecule has 1 aliphatic carbocycles. The van der Waals surface area contributed by atoms with Crippen molar-refractivity contribution < 1.29 is 13.9 Å². The van der Waals surface area contributed by atoms with Gasteiger partial charge in [0.2, 0.25) is 0 Å². The smallest absolute Gasteiger partial charge is 0.259 e. The molecule has 1 amide bonds. The van der Waals surface area contributed by atoms with Crippen molar-refractivity contribution in [1.29, 1.82) is 0 Å². The first-order valence-corrected chi connectivity index (χ1v) is 15.0. The van der Waals surface area contributed by atoms with Crippen molar-refractivity contribution in [3.8, 4) is 5.75 Å². The second kappa shape index (κ2) is 12.1. The van der Waals surface area contributed by atoms with Gasteiger partial charge in [0.05, 0.1) is 10.0 Å². The number of nitrogens with one attached hydrogen (secondary N) is 1. The monoisotopic (exact) mass is 618 g/mol. The Labute approximate surface area is 247 Å². The van der Waals surface area contributed by atoms with Crippen LogP contribution < -0.4 is 10.1 Å². The summed E-state index contributed by atoms with van der Waals surface area (Å²) in [7, 11) is 0. The molecule has 0 unspecified atom stereocenters. The van der Waals surface area contributed by atoms with E-state index >= 15 is 0 Å². The molecule has 0 saturated heterocycles. The minimum Gasteiger partial charge on any atom is -0.488 e. The molecule has 206 valence electrons. The lowest BCUT2D eigenvalue weighted by Crippen LogP contribution is -2.27. The molecule has 0 saturated carbocycles. The minimum absolute atomic E-state index is 0.115. The fourth-order valence-corrected chi connectivity index (χ4v) is 6.72. The maximum absolute atomic E-state index is 13.5. The minimum atomic E-state index is -0.269. The normalized spacial score (nSPS) is 15.2. The van der Waals surface area contributed by atoms with Crippen LogP contribution in [0.2, 0.25) is 0 Å². The number of carbonyl (C=O) groups is 1. The summed E-state index contributed by atoms with van der Waals surface area (Å²) >= 11 is 5.23. The number of hydrogen-bond acceptors (Lipinski definition) is 4. The molecule has 5 rings (SSSR count). The molecule has 1 N–H and O–H groups in total. The molecule has 0 bridgehead atoms. The Morgan fingerprint density at radius 2 is 1.88 bits per heavy atom. The predicted octanol–water partition coefficient (Wildman–Crippen LogP) is 9.38. The standard InChI is InChI=1S/C33H32BrFN2O2S/c1-33(2,3)23-12-15-26-29(18-23)40-32(30(26)31(38)37-25-7-5-4-6-8-25)36-19-22-11-16-28(27(34)17-22)39-20-21-9-13-24(35)14-10-21/h4-11,13-14,16-17,19,23H,12,15,18,20H2,1-3H3,(H,37,38)/t23-/m0/s1. The molecular formula is C33H32BrFN2O2S. The number of amides is 1. The Morgan fingerprint density at radius 3 is 2.58 bits per heavy atom. The third-order valence-electron chi connectivity index (χ3n) is 7.32. The highest BCUT2D eigenvalue weighted by Crippen LogP contribution is 2.45. The van der Waals surface area contributed by atoms with Crippen molar-refractivity contribution >= 4 is 50.1 Å². The Kier molecular flexibility index (Phi) is 8.52. The zero-order valence-corrected chi connectivity index (χ0v) is 25.2. The number of hydrogen-bond donors (Lipinski definition) is 1. The molecule has 7 heteroatoms. The van der Waals surface area contributed by atoms with E-state index in [1.807, 2.05) is 48.5 Å². The topological polar surface area (TPSA) is 50.7 Å². The summed E-state index contributed by atoms with van der Waals surface area (Å²) in [5.41, 5.74) is 4.57. The van der Waals surface area contributed by atoms with E-state index in [1.165, 1.54) is 17.0 Å². The highest BCUT2D eigenvalue weighted by atomic mass is 79.9. The first kappa shape index (κ1) is 28.2. The van der Waals surface area contributed by atoms with Crippen molar-refractivity contribution in [2.75, 3.05) is 5.32 Å². The van der Waals surface area contributed by atoms with E-state index in [9.17, 15) is 9.18 Å². The van der Waals surface area contributed by atoms with Crippen molar-refractivity contribution in [1.82, 2.24) is 0 Å². The third-order valence-corrected chi connectivity index (χ3v) is 9.11. The average Bonchev–Trinajstić information content (AvgIpc) is 3.30. The van der Waals surface area contributed by atoms with Gasteiger partial charge in [-0.2, -0.15) is 0 Å². The van der Waals surface area contributed by atoms with Crippen LogP contribution in [0.4, 0.5) is 15.1 Å². The van der Waals surface area contributed by atoms with Gasteiger partial charge in [-0.3, -0.25) is 4.79 Å². The van der Waals surface area contributed by atoms with E-state index < -0.39 is 0 Å². The summed E-state index contributed by atoms with van der Waals surface area (Å²) in [5, 5.41) is 3.81. The van der Waals surface area contributed by atoms with Crippen LogP contribution >= 0.6 is 27.3 Å². The molecule has 0 radical (unpaired) electrons. The van der Waals surface area contributed by atoms with Gasteiger partial charge in [-0.05, 0) is 106 Å². The zero-order valence-electron chi connectivity index (χ0n) is 22.8. The Morgan fingerprint density at radius 1 is 1.12 bits per heavy atom. The van der Waals surface area contributed by atoms with Crippen molar-refractivity contribution in [2.24, 2.45) is 16.3 Å². The van der Waals surface area contributed by atoms with Crippen LogP contribution in [-0.4, -0.2) is 12.1 Å². The highest BCUT2D eigenvalue weighted by molar-refractivity contribution is 9.10. The number of benzene rings is 3. The van der Waals surface area contributed by atoms with Gasteiger partial charge in [0.1, 0.15) is 23.2 Å². The number of fused-ring (bicyclic) bond motifs is 1. The lowest BCUT2D eigenvalue weighted by molar-refractivity contribution is 0.102. The first-order valence-electron chi connectivity index (χ1n) is 13.4. The largest absolute Gasteiger partial charge is 0.488 e. The van der Waals surface area contributed by atoms with Crippen LogP contribution in [-0.2, 0) is 19.4 Å². The Hall–Kier alpha value is -3.29. The van der Waals surface area contributed by atoms with Crippen molar-refractivity contribution in [3.63, 3.8) is 0 Å². The van der Waals surface area contributed by atoms with Crippen LogP contribution in [0.25, 0.3) is 0 Å². The van der Waals surface area contributed by atoms with E-state index in [0.717, 1.165) is 51.1 Å². The Bertz CT molecular complexity index is 1520. The van der Waals surface area contributed by atoms with Crippen molar-refractivity contribution in [3.05, 3.63) is 110 Å². The zero-order chi connectivity index (χ0) is 28.3. The van der Waals surface area contributed by atoms with Gasteiger partial charge in [0, 0.05) is 16.8 Å².